The summed E-state index contributed by atoms with van der Waals surface area (Å²) in [6.07, 6.45) is -12.0. The Morgan fingerprint density at radius 3 is 1.55 bits per heavy atom. The first-order chi connectivity index (χ1) is 9.05. The van der Waals surface area contributed by atoms with Crippen molar-refractivity contribution in [3.8, 4) is 0 Å². The number of rotatable bonds is 2. The Kier molecular flexibility index (Phi) is 4.04. The van der Waals surface area contributed by atoms with Gasteiger partial charge in [-0.15, -0.1) is 0 Å². The fourth-order valence-corrected chi connectivity index (χ4v) is 7.89. The molecular weight excluding hydrogens is 311 g/mol. The van der Waals surface area contributed by atoms with Gasteiger partial charge in [0.25, 0.3) is 0 Å². The molecule has 2 heterocycles. The van der Waals surface area contributed by atoms with E-state index < -0.39 is 31.9 Å². The summed E-state index contributed by atoms with van der Waals surface area (Å²) in [7, 11) is -4.93. The van der Waals surface area contributed by atoms with Crippen LogP contribution in [0.1, 0.15) is 12.8 Å². The maximum absolute atomic E-state index is 12.9. The van der Waals surface area contributed by atoms with Gasteiger partial charge in [0.2, 0.25) is 0 Å². The van der Waals surface area contributed by atoms with Crippen molar-refractivity contribution in [1.82, 2.24) is 4.67 Å². The Morgan fingerprint density at radius 2 is 1.20 bits per heavy atom. The van der Waals surface area contributed by atoms with E-state index in [1.807, 2.05) is 0 Å². The number of hydrogen-bond acceptors (Lipinski definition) is 3. The predicted molar refractivity (Wildman–Crippen MR) is 61.5 cm³/mol. The molecule has 0 spiro atoms. The van der Waals surface area contributed by atoms with E-state index >= 15 is 0 Å². The Labute approximate surface area is 112 Å². The molecule has 2 aliphatic rings. The second-order valence-electron chi connectivity index (χ2n) is 5.13. The second-order valence-corrected chi connectivity index (χ2v) is 9.37. The Morgan fingerprint density at radius 1 is 0.800 bits per heavy atom. The summed E-state index contributed by atoms with van der Waals surface area (Å²) in [6.45, 7) is 0.0644. The minimum atomic E-state index is -4.93. The van der Waals surface area contributed by atoms with Gasteiger partial charge in [0.1, 0.15) is 0 Å². The normalized spacial score (nSPS) is 29.2. The van der Waals surface area contributed by atoms with Crippen molar-refractivity contribution >= 4 is 7.21 Å². The standard InChI is InChI=1S/C10H16F6NO2P/c11-9(12,13)7-20(8-10(14,15)16)17(3-1-5-18-20)4-2-6-19-20/h1-8H2. The molecule has 2 aliphatic heterocycles. The first-order valence-corrected chi connectivity index (χ1v) is 8.64. The first kappa shape index (κ1) is 16.3. The molecule has 0 N–H and O–H groups in total. The molecule has 3 nitrogen and oxygen atoms in total. The molecular formula is C10H16F6NO2P. The number of alkyl halides is 6. The van der Waals surface area contributed by atoms with Crippen LogP contribution in [0.3, 0.4) is 0 Å². The third-order valence-corrected chi connectivity index (χ3v) is 8.67. The summed E-state index contributed by atoms with van der Waals surface area (Å²) in [5.74, 6) is 0. The molecule has 2 saturated heterocycles. The molecule has 10 heteroatoms. The zero-order chi connectivity index (χ0) is 15.1. The summed E-state index contributed by atoms with van der Waals surface area (Å²) in [6, 6.07) is 0. The third kappa shape index (κ3) is 3.21. The topological polar surface area (TPSA) is 21.7 Å². The molecule has 0 aromatic rings. The monoisotopic (exact) mass is 327 g/mol. The van der Waals surface area contributed by atoms with Crippen molar-refractivity contribution in [1.29, 1.82) is 0 Å². The maximum atomic E-state index is 12.9. The van der Waals surface area contributed by atoms with E-state index in [1.54, 1.807) is 0 Å². The summed E-state index contributed by atoms with van der Waals surface area (Å²) in [4.78, 5) is 0. The van der Waals surface area contributed by atoms with Gasteiger partial charge < -0.3 is 0 Å². The molecule has 20 heavy (non-hydrogen) atoms. The molecule has 120 valence electrons. The molecule has 0 saturated carbocycles. The van der Waals surface area contributed by atoms with Crippen molar-refractivity contribution < 1.29 is 35.4 Å². The Balaban J connectivity index is 2.44. The molecule has 0 aromatic heterocycles. The molecule has 0 unspecified atom stereocenters. The van der Waals surface area contributed by atoms with Crippen molar-refractivity contribution in [2.24, 2.45) is 0 Å². The quantitative estimate of drug-likeness (QED) is 0.572. The van der Waals surface area contributed by atoms with Crippen molar-refractivity contribution in [2.45, 2.75) is 25.2 Å². The van der Waals surface area contributed by atoms with Gasteiger partial charge in [0.05, 0.1) is 0 Å². The van der Waals surface area contributed by atoms with E-state index in [0.717, 1.165) is 0 Å². The van der Waals surface area contributed by atoms with Gasteiger partial charge >= 0.3 is 111 Å². The predicted octanol–water partition coefficient (Wildman–Crippen LogP) is 3.55. The van der Waals surface area contributed by atoms with Crippen LogP contribution >= 0.6 is 7.21 Å². The summed E-state index contributed by atoms with van der Waals surface area (Å²) in [5, 5.41) is 0. The SMILES string of the molecule is FC(F)(F)CP12(CC(F)(F)F)OCCCN1CCCO2. The van der Waals surface area contributed by atoms with Crippen LogP contribution in [-0.4, -0.2) is 55.7 Å². The average molecular weight is 327 g/mol. The van der Waals surface area contributed by atoms with Gasteiger partial charge in [-0.2, -0.15) is 0 Å². The molecule has 0 atom stereocenters. The van der Waals surface area contributed by atoms with E-state index in [2.05, 4.69) is 0 Å². The molecule has 0 amide bonds. The Hall–Kier alpha value is -0.110. The number of hydrogen-bond donors (Lipinski definition) is 0. The summed E-state index contributed by atoms with van der Waals surface area (Å²) in [5.41, 5.74) is 0. The summed E-state index contributed by atoms with van der Waals surface area (Å²) >= 11 is 0. The molecule has 2 rings (SSSR count). The van der Waals surface area contributed by atoms with Gasteiger partial charge in [-0.25, -0.2) is 0 Å². The number of halogens is 6. The van der Waals surface area contributed by atoms with Crippen LogP contribution in [-0.2, 0) is 9.05 Å². The molecule has 0 aliphatic carbocycles. The van der Waals surface area contributed by atoms with Gasteiger partial charge in [0, 0.05) is 0 Å². The van der Waals surface area contributed by atoms with Crippen LogP contribution in [0.4, 0.5) is 26.3 Å². The van der Waals surface area contributed by atoms with Gasteiger partial charge in [-0.1, -0.05) is 0 Å². The van der Waals surface area contributed by atoms with Crippen LogP contribution < -0.4 is 0 Å². The van der Waals surface area contributed by atoms with Crippen molar-refractivity contribution in [2.75, 3.05) is 38.6 Å². The molecule has 2 fully saturated rings. The Bertz CT molecular complexity index is 340. The zero-order valence-electron chi connectivity index (χ0n) is 10.6. The third-order valence-electron chi connectivity index (χ3n) is 3.50. The van der Waals surface area contributed by atoms with Gasteiger partial charge in [-0.05, 0) is 0 Å². The molecule has 0 radical (unpaired) electrons. The summed E-state index contributed by atoms with van der Waals surface area (Å²) < 4.78 is 89.0. The van der Waals surface area contributed by atoms with E-state index in [4.69, 9.17) is 9.05 Å². The van der Waals surface area contributed by atoms with Crippen LogP contribution in [0.15, 0.2) is 0 Å². The number of fused-ring (bicyclic) bond motifs is 1. The van der Waals surface area contributed by atoms with Gasteiger partial charge in [0.15, 0.2) is 0 Å². The van der Waals surface area contributed by atoms with E-state index in [1.165, 1.54) is 4.67 Å². The van der Waals surface area contributed by atoms with Crippen LogP contribution in [0.25, 0.3) is 0 Å². The van der Waals surface area contributed by atoms with Crippen LogP contribution in [0, 0.1) is 0 Å². The average Bonchev–Trinajstić information content (AvgIpc) is 2.23. The van der Waals surface area contributed by atoms with E-state index in [9.17, 15) is 26.3 Å². The fraction of sp³-hybridized carbons (Fsp3) is 1.00. The number of nitrogens with zero attached hydrogens (tertiary/aromatic N) is 1. The fourth-order valence-electron chi connectivity index (χ4n) is 2.94. The van der Waals surface area contributed by atoms with E-state index in [0.29, 0.717) is 12.8 Å². The molecule has 0 bridgehead atoms. The van der Waals surface area contributed by atoms with Crippen LogP contribution in [0.2, 0.25) is 0 Å². The molecule has 0 aromatic carbocycles. The first-order valence-electron chi connectivity index (χ1n) is 6.25. The second kappa shape index (κ2) is 4.97. The van der Waals surface area contributed by atoms with E-state index in [-0.39, 0.29) is 26.3 Å². The minimum absolute atomic E-state index is 0.125. The van der Waals surface area contributed by atoms with Crippen LogP contribution in [0.5, 0.6) is 0 Å². The van der Waals surface area contributed by atoms with Crippen molar-refractivity contribution in [3.05, 3.63) is 0 Å². The van der Waals surface area contributed by atoms with Crippen molar-refractivity contribution in [3.63, 3.8) is 0 Å². The zero-order valence-corrected chi connectivity index (χ0v) is 11.5. The van der Waals surface area contributed by atoms with Gasteiger partial charge in [-0.3, -0.25) is 0 Å².